The third-order valence-electron chi connectivity index (χ3n) is 8.35. The molecule has 3 aromatic carbocycles. The molecule has 2 N–H and O–H groups in total. The Hall–Kier alpha value is -3.74. The molecule has 3 aromatic rings. The number of aliphatic hydroxyl groups excluding tert-OH is 1. The summed E-state index contributed by atoms with van der Waals surface area (Å²) in [6.07, 6.45) is 3.87. The van der Waals surface area contributed by atoms with Crippen LogP contribution in [0.25, 0.3) is 16.8 Å². The normalized spacial score (nSPS) is 25.3. The quantitative estimate of drug-likeness (QED) is 0.350. The zero-order valence-electron chi connectivity index (χ0n) is 21.3. The summed E-state index contributed by atoms with van der Waals surface area (Å²) in [5.41, 5.74) is 4.69. The van der Waals surface area contributed by atoms with Crippen molar-refractivity contribution in [3.8, 4) is 5.75 Å². The molecule has 6 rings (SSSR count). The van der Waals surface area contributed by atoms with Crippen molar-refractivity contribution in [1.29, 1.82) is 0 Å². The van der Waals surface area contributed by atoms with Crippen LogP contribution in [0.3, 0.4) is 0 Å². The number of anilines is 1. The number of hydrogen-bond donors (Lipinski definition) is 2. The van der Waals surface area contributed by atoms with Crippen LogP contribution in [-0.2, 0) is 14.3 Å². The van der Waals surface area contributed by atoms with E-state index < -0.39 is 11.8 Å². The number of fused-ring (bicyclic) bond motifs is 4. The largest absolute Gasteiger partial charge is 0.507 e. The number of carbonyl (C=O) groups excluding carboxylic acids is 2. The van der Waals surface area contributed by atoms with E-state index in [1.165, 1.54) is 10.5 Å². The van der Waals surface area contributed by atoms with Gasteiger partial charge in [-0.2, -0.15) is 0 Å². The van der Waals surface area contributed by atoms with Gasteiger partial charge in [0.2, 0.25) is 11.8 Å². The van der Waals surface area contributed by atoms with E-state index in [1.807, 2.05) is 48.5 Å². The van der Waals surface area contributed by atoms with E-state index in [0.29, 0.717) is 18.7 Å². The van der Waals surface area contributed by atoms with Crippen LogP contribution in [0.5, 0.6) is 5.75 Å². The number of hydrogen-bond acceptors (Lipinski definition) is 5. The number of imide groups is 1. The number of phenolic OH excluding ortho intramolecular Hbond substituents is 1. The first kappa shape index (κ1) is 24.6. The number of carbonyl (C=O) groups is 2. The summed E-state index contributed by atoms with van der Waals surface area (Å²) in [5, 5.41) is 22.3. The molecular formula is C32H31NO5. The summed E-state index contributed by atoms with van der Waals surface area (Å²) in [4.78, 5) is 28.2. The molecule has 0 aromatic heterocycles. The lowest BCUT2D eigenvalue weighted by Crippen LogP contribution is -2.35. The van der Waals surface area contributed by atoms with Crippen molar-refractivity contribution in [2.75, 3.05) is 18.1 Å². The van der Waals surface area contributed by atoms with Crippen molar-refractivity contribution in [1.82, 2.24) is 0 Å². The first-order valence-corrected chi connectivity index (χ1v) is 13.2. The van der Waals surface area contributed by atoms with Crippen LogP contribution in [0.2, 0.25) is 0 Å². The molecule has 0 bridgehead atoms. The zero-order valence-corrected chi connectivity index (χ0v) is 21.3. The number of nitrogens with zero attached hydrogens (tertiary/aromatic N) is 1. The third kappa shape index (κ3) is 4.05. The minimum atomic E-state index is -0.453. The second kappa shape index (κ2) is 9.86. The summed E-state index contributed by atoms with van der Waals surface area (Å²) >= 11 is 0. The Labute approximate surface area is 221 Å². The lowest BCUT2D eigenvalue weighted by Gasteiger charge is -2.31. The lowest BCUT2D eigenvalue weighted by molar-refractivity contribution is -0.122. The van der Waals surface area contributed by atoms with Gasteiger partial charge in [-0.25, -0.2) is 0 Å². The van der Waals surface area contributed by atoms with Gasteiger partial charge < -0.3 is 14.9 Å². The maximum Gasteiger partial charge on any atom is 0.238 e. The van der Waals surface area contributed by atoms with E-state index in [0.717, 1.165) is 40.3 Å². The second-order valence-electron chi connectivity index (χ2n) is 10.6. The van der Waals surface area contributed by atoms with Crippen molar-refractivity contribution in [2.45, 2.75) is 32.3 Å². The molecule has 6 heteroatoms. The molecule has 1 aliphatic carbocycles. The van der Waals surface area contributed by atoms with Crippen LogP contribution in [0.15, 0.2) is 83.4 Å². The van der Waals surface area contributed by atoms with Crippen molar-refractivity contribution in [3.63, 3.8) is 0 Å². The van der Waals surface area contributed by atoms with Crippen molar-refractivity contribution >= 4 is 34.4 Å². The topological polar surface area (TPSA) is 87.1 Å². The fourth-order valence-electron chi connectivity index (χ4n) is 6.58. The van der Waals surface area contributed by atoms with Gasteiger partial charge in [-0.1, -0.05) is 60.2 Å². The molecule has 2 heterocycles. The smallest absolute Gasteiger partial charge is 0.238 e. The Morgan fingerprint density at radius 3 is 2.47 bits per heavy atom. The van der Waals surface area contributed by atoms with Gasteiger partial charge in [0, 0.05) is 11.3 Å². The van der Waals surface area contributed by atoms with E-state index in [-0.39, 0.29) is 36.2 Å². The van der Waals surface area contributed by atoms with Gasteiger partial charge in [0.05, 0.1) is 36.8 Å². The number of allylic oxidation sites excluding steroid dienone is 1. The molecule has 38 heavy (non-hydrogen) atoms. The van der Waals surface area contributed by atoms with Crippen LogP contribution in [-0.4, -0.2) is 41.3 Å². The Morgan fingerprint density at radius 1 is 0.974 bits per heavy atom. The van der Waals surface area contributed by atoms with Gasteiger partial charge in [-0.3, -0.25) is 14.5 Å². The van der Waals surface area contributed by atoms with Crippen molar-refractivity contribution in [3.05, 3.63) is 89.0 Å². The molecule has 0 unspecified atom stereocenters. The second-order valence-corrected chi connectivity index (χ2v) is 10.6. The Balaban J connectivity index is 1.22. The fourth-order valence-corrected chi connectivity index (χ4v) is 6.58. The van der Waals surface area contributed by atoms with E-state index in [1.54, 1.807) is 18.2 Å². The molecule has 194 valence electrons. The van der Waals surface area contributed by atoms with Gasteiger partial charge >= 0.3 is 0 Å². The molecule has 2 amide bonds. The van der Waals surface area contributed by atoms with Crippen LogP contribution in [0.1, 0.15) is 31.7 Å². The third-order valence-corrected chi connectivity index (χ3v) is 8.35. The predicted molar refractivity (Wildman–Crippen MR) is 146 cm³/mol. The molecule has 2 fully saturated rings. The first-order chi connectivity index (χ1) is 18.5. The van der Waals surface area contributed by atoms with Gasteiger partial charge in [0.25, 0.3) is 0 Å². The van der Waals surface area contributed by atoms with E-state index in [4.69, 9.17) is 4.74 Å². The van der Waals surface area contributed by atoms with E-state index in [9.17, 15) is 19.8 Å². The van der Waals surface area contributed by atoms with Crippen molar-refractivity contribution < 1.29 is 24.5 Å². The predicted octanol–water partition coefficient (Wildman–Crippen LogP) is 5.24. The number of rotatable bonds is 6. The Kier molecular flexibility index (Phi) is 6.38. The SMILES string of the molecule is C/C(=C\c1ccc(O)c2ccccc12)CC[C@H]1OC[C@H]2C1=C(CO)C[C@H]1C(=O)N(c3ccccc3)C(=O)[C@H]12. The first-order valence-electron chi connectivity index (χ1n) is 13.2. The summed E-state index contributed by atoms with van der Waals surface area (Å²) in [6, 6.07) is 20.5. The number of ether oxygens (including phenoxy) is 1. The molecule has 0 radical (unpaired) electrons. The summed E-state index contributed by atoms with van der Waals surface area (Å²) in [6.45, 7) is 2.34. The zero-order chi connectivity index (χ0) is 26.4. The molecule has 3 aliphatic rings. The number of aromatic hydroxyl groups is 1. The molecule has 4 atom stereocenters. The fraction of sp³-hybridized carbons (Fsp3) is 0.312. The number of benzene rings is 3. The monoisotopic (exact) mass is 509 g/mol. The summed E-state index contributed by atoms with van der Waals surface area (Å²) < 4.78 is 6.24. The molecular weight excluding hydrogens is 478 g/mol. The van der Waals surface area contributed by atoms with Crippen LogP contribution < -0.4 is 4.90 Å². The average molecular weight is 510 g/mol. The average Bonchev–Trinajstić information content (AvgIpc) is 3.47. The summed E-state index contributed by atoms with van der Waals surface area (Å²) in [7, 11) is 0. The van der Waals surface area contributed by atoms with Gasteiger partial charge in [-0.15, -0.1) is 0 Å². The van der Waals surface area contributed by atoms with Crippen LogP contribution in [0.4, 0.5) is 5.69 Å². The molecule has 0 saturated carbocycles. The highest BCUT2D eigenvalue weighted by molar-refractivity contribution is 6.22. The van der Waals surface area contributed by atoms with E-state index in [2.05, 4.69) is 13.0 Å². The number of aliphatic hydroxyl groups is 1. The van der Waals surface area contributed by atoms with Crippen molar-refractivity contribution in [2.24, 2.45) is 17.8 Å². The minimum absolute atomic E-state index is 0.129. The highest BCUT2D eigenvalue weighted by Crippen LogP contribution is 2.50. The number of phenols is 1. The number of amides is 2. The Bertz CT molecular complexity index is 1470. The maximum atomic E-state index is 13.5. The molecule has 0 spiro atoms. The minimum Gasteiger partial charge on any atom is -0.507 e. The van der Waals surface area contributed by atoms with Gasteiger partial charge in [-0.05, 0) is 66.5 Å². The molecule has 2 saturated heterocycles. The highest BCUT2D eigenvalue weighted by atomic mass is 16.5. The van der Waals surface area contributed by atoms with Gasteiger partial charge in [0.1, 0.15) is 5.75 Å². The highest BCUT2D eigenvalue weighted by Gasteiger charge is 2.57. The number of para-hydroxylation sites is 1. The molecule has 2 aliphatic heterocycles. The van der Waals surface area contributed by atoms with E-state index >= 15 is 0 Å². The molecule has 6 nitrogen and oxygen atoms in total. The van der Waals surface area contributed by atoms with Gasteiger partial charge in [0.15, 0.2) is 0 Å². The lowest BCUT2D eigenvalue weighted by atomic mass is 9.69. The summed E-state index contributed by atoms with van der Waals surface area (Å²) in [5.74, 6) is -1.16. The standard InChI is InChI=1S/C32H31NO5/c1-19(15-20-12-13-27(35)24-10-6-5-9-23(20)24)11-14-28-29-21(17-34)16-25-30(26(29)18-38-28)32(37)33(31(25)36)22-7-3-2-4-8-22/h2-10,12-13,15,25-26,28,30,34-35H,11,14,16-18H2,1H3/b19-15+/t25-,26+,28-,30-/m1/s1. The Morgan fingerprint density at radius 2 is 1.71 bits per heavy atom. The maximum absolute atomic E-state index is 13.5. The van der Waals surface area contributed by atoms with Crippen LogP contribution >= 0.6 is 0 Å². The van der Waals surface area contributed by atoms with Crippen LogP contribution in [0, 0.1) is 17.8 Å².